The van der Waals surface area contributed by atoms with Crippen molar-refractivity contribution in [1.29, 1.82) is 0 Å². The molecule has 1 aromatic carbocycles. The van der Waals surface area contributed by atoms with E-state index in [-0.39, 0.29) is 18.5 Å². The largest absolute Gasteiger partial charge is 0.348 e. The molecule has 0 aliphatic carbocycles. The third-order valence-electron chi connectivity index (χ3n) is 2.91. The summed E-state index contributed by atoms with van der Waals surface area (Å²) in [6, 6.07) is 4.29. The summed E-state index contributed by atoms with van der Waals surface area (Å²) in [4.78, 5) is 11.2. The van der Waals surface area contributed by atoms with Crippen LogP contribution in [-0.4, -0.2) is 12.5 Å². The van der Waals surface area contributed by atoms with E-state index >= 15 is 0 Å². The second-order valence-electron chi connectivity index (χ2n) is 4.29. The molecule has 0 bridgehead atoms. The minimum atomic E-state index is -0.120. The number of hydrogen-bond acceptors (Lipinski definition) is 2. The number of amides is 1. The van der Waals surface area contributed by atoms with Crippen LogP contribution in [0.25, 0.3) is 0 Å². The van der Waals surface area contributed by atoms with Gasteiger partial charge in [0, 0.05) is 0 Å². The molecule has 3 nitrogen and oxygen atoms in total. The maximum atomic E-state index is 11.2. The van der Waals surface area contributed by atoms with E-state index in [1.807, 2.05) is 6.92 Å². The number of nitrogens with one attached hydrogen (secondary N) is 1. The van der Waals surface area contributed by atoms with Gasteiger partial charge in [0.05, 0.1) is 12.6 Å². The molecule has 0 aromatic heterocycles. The van der Waals surface area contributed by atoms with Crippen molar-refractivity contribution in [3.8, 4) is 0 Å². The number of benzene rings is 1. The Morgan fingerprint density at radius 2 is 1.81 bits per heavy atom. The van der Waals surface area contributed by atoms with Gasteiger partial charge in [-0.2, -0.15) is 0 Å². The van der Waals surface area contributed by atoms with Crippen molar-refractivity contribution in [2.45, 2.75) is 33.7 Å². The summed E-state index contributed by atoms with van der Waals surface area (Å²) in [7, 11) is 0. The van der Waals surface area contributed by atoms with Gasteiger partial charge in [-0.05, 0) is 49.9 Å². The molecule has 0 fully saturated rings. The van der Waals surface area contributed by atoms with Crippen LogP contribution in [0.15, 0.2) is 12.1 Å². The average molecular weight is 220 g/mol. The van der Waals surface area contributed by atoms with Gasteiger partial charge in [-0.15, -0.1) is 0 Å². The molecule has 1 amide bonds. The summed E-state index contributed by atoms with van der Waals surface area (Å²) in [6.45, 7) is 8.25. The number of carbonyl (C=O) groups excluding carboxylic acids is 1. The SMILES string of the molecule is Cc1cc(C)c(C(C)NC(=O)CN)cc1C. The van der Waals surface area contributed by atoms with Crippen LogP contribution in [0.4, 0.5) is 0 Å². The zero-order chi connectivity index (χ0) is 12.3. The first kappa shape index (κ1) is 12.7. The third-order valence-corrected chi connectivity index (χ3v) is 2.91. The van der Waals surface area contributed by atoms with Crippen LogP contribution in [0.3, 0.4) is 0 Å². The van der Waals surface area contributed by atoms with E-state index in [1.54, 1.807) is 0 Å². The maximum Gasteiger partial charge on any atom is 0.234 e. The van der Waals surface area contributed by atoms with Crippen molar-refractivity contribution < 1.29 is 4.79 Å². The number of carbonyl (C=O) groups is 1. The topological polar surface area (TPSA) is 55.1 Å². The van der Waals surface area contributed by atoms with Gasteiger partial charge < -0.3 is 11.1 Å². The zero-order valence-corrected chi connectivity index (χ0v) is 10.4. The first-order valence-electron chi connectivity index (χ1n) is 5.53. The fraction of sp³-hybridized carbons (Fsp3) is 0.462. The van der Waals surface area contributed by atoms with Crippen LogP contribution in [0.2, 0.25) is 0 Å². The lowest BCUT2D eigenvalue weighted by molar-refractivity contribution is -0.120. The first-order chi connectivity index (χ1) is 7.45. The fourth-order valence-corrected chi connectivity index (χ4v) is 1.83. The highest BCUT2D eigenvalue weighted by molar-refractivity contribution is 5.78. The maximum absolute atomic E-state index is 11.2. The molecule has 0 heterocycles. The summed E-state index contributed by atoms with van der Waals surface area (Å²) < 4.78 is 0. The lowest BCUT2D eigenvalue weighted by Crippen LogP contribution is -2.32. The van der Waals surface area contributed by atoms with Crippen molar-refractivity contribution in [1.82, 2.24) is 5.32 Å². The molecule has 0 aliphatic rings. The van der Waals surface area contributed by atoms with Crippen molar-refractivity contribution in [3.63, 3.8) is 0 Å². The molecule has 0 aliphatic heterocycles. The summed E-state index contributed by atoms with van der Waals surface area (Å²) in [5, 5.41) is 2.87. The molecule has 3 heteroatoms. The highest BCUT2D eigenvalue weighted by Crippen LogP contribution is 2.21. The van der Waals surface area contributed by atoms with E-state index in [2.05, 4.69) is 38.2 Å². The predicted molar refractivity (Wildman–Crippen MR) is 66.3 cm³/mol. The fourth-order valence-electron chi connectivity index (χ4n) is 1.83. The summed E-state index contributed by atoms with van der Waals surface area (Å²) in [5.74, 6) is -0.120. The molecule has 0 saturated heterocycles. The molecule has 0 saturated carbocycles. The van der Waals surface area contributed by atoms with Crippen LogP contribution in [0.5, 0.6) is 0 Å². The molecule has 0 radical (unpaired) electrons. The van der Waals surface area contributed by atoms with E-state index in [4.69, 9.17) is 5.73 Å². The number of nitrogens with two attached hydrogens (primary N) is 1. The third kappa shape index (κ3) is 2.83. The Bertz CT molecular complexity index is 399. The van der Waals surface area contributed by atoms with Gasteiger partial charge in [0.15, 0.2) is 0 Å². The molecule has 1 unspecified atom stereocenters. The van der Waals surface area contributed by atoms with Gasteiger partial charge >= 0.3 is 0 Å². The zero-order valence-electron chi connectivity index (χ0n) is 10.4. The molecule has 1 rings (SSSR count). The van der Waals surface area contributed by atoms with E-state index in [0.717, 1.165) is 5.56 Å². The van der Waals surface area contributed by atoms with Crippen LogP contribution in [-0.2, 0) is 4.79 Å². The summed E-state index contributed by atoms with van der Waals surface area (Å²) >= 11 is 0. The van der Waals surface area contributed by atoms with E-state index in [1.165, 1.54) is 16.7 Å². The quantitative estimate of drug-likeness (QED) is 0.815. The lowest BCUT2D eigenvalue weighted by atomic mass is 9.96. The molecule has 16 heavy (non-hydrogen) atoms. The number of aryl methyl sites for hydroxylation is 3. The number of hydrogen-bond donors (Lipinski definition) is 2. The normalized spacial score (nSPS) is 12.3. The van der Waals surface area contributed by atoms with E-state index < -0.39 is 0 Å². The Hall–Kier alpha value is -1.35. The van der Waals surface area contributed by atoms with Crippen molar-refractivity contribution in [3.05, 3.63) is 34.4 Å². The van der Waals surface area contributed by atoms with Gasteiger partial charge in [-0.1, -0.05) is 12.1 Å². The summed E-state index contributed by atoms with van der Waals surface area (Å²) in [6.07, 6.45) is 0. The Morgan fingerprint density at radius 1 is 1.25 bits per heavy atom. The van der Waals surface area contributed by atoms with Crippen LogP contribution < -0.4 is 11.1 Å². The van der Waals surface area contributed by atoms with Crippen molar-refractivity contribution in [2.24, 2.45) is 5.73 Å². The Balaban J connectivity index is 2.95. The van der Waals surface area contributed by atoms with Crippen LogP contribution in [0, 0.1) is 20.8 Å². The Kier molecular flexibility index (Phi) is 4.07. The van der Waals surface area contributed by atoms with Crippen LogP contribution >= 0.6 is 0 Å². The second-order valence-corrected chi connectivity index (χ2v) is 4.29. The molecule has 0 spiro atoms. The van der Waals surface area contributed by atoms with Gasteiger partial charge in [-0.25, -0.2) is 0 Å². The number of rotatable bonds is 3. The molecule has 1 atom stereocenters. The van der Waals surface area contributed by atoms with Gasteiger partial charge in [0.2, 0.25) is 5.91 Å². The van der Waals surface area contributed by atoms with Crippen LogP contribution in [0.1, 0.15) is 35.2 Å². The standard InChI is InChI=1S/C13H20N2O/c1-8-5-10(3)12(6-9(8)2)11(4)15-13(16)7-14/h5-6,11H,7,14H2,1-4H3,(H,15,16). The predicted octanol–water partition coefficient (Wildman–Crippen LogP) is 1.75. The van der Waals surface area contributed by atoms with Gasteiger partial charge in [0.1, 0.15) is 0 Å². The van der Waals surface area contributed by atoms with Gasteiger partial charge in [-0.3, -0.25) is 4.79 Å². The Morgan fingerprint density at radius 3 is 2.38 bits per heavy atom. The molecule has 88 valence electrons. The lowest BCUT2D eigenvalue weighted by Gasteiger charge is -2.18. The smallest absolute Gasteiger partial charge is 0.234 e. The average Bonchev–Trinajstić information content (AvgIpc) is 2.23. The van der Waals surface area contributed by atoms with E-state index in [9.17, 15) is 4.79 Å². The molecular weight excluding hydrogens is 200 g/mol. The second kappa shape index (κ2) is 5.12. The molecule has 1 aromatic rings. The highest BCUT2D eigenvalue weighted by atomic mass is 16.1. The molecule has 3 N–H and O–H groups in total. The highest BCUT2D eigenvalue weighted by Gasteiger charge is 2.11. The monoisotopic (exact) mass is 220 g/mol. The van der Waals surface area contributed by atoms with Crippen molar-refractivity contribution >= 4 is 5.91 Å². The minimum absolute atomic E-state index is 0.00958. The molecular formula is C13H20N2O. The van der Waals surface area contributed by atoms with Gasteiger partial charge in [0.25, 0.3) is 0 Å². The van der Waals surface area contributed by atoms with E-state index in [0.29, 0.717) is 0 Å². The Labute approximate surface area is 97.0 Å². The summed E-state index contributed by atoms with van der Waals surface area (Å²) in [5.41, 5.74) is 10.2. The van der Waals surface area contributed by atoms with Crippen molar-refractivity contribution in [2.75, 3.05) is 6.54 Å². The first-order valence-corrected chi connectivity index (χ1v) is 5.53. The minimum Gasteiger partial charge on any atom is -0.348 e.